The van der Waals surface area contributed by atoms with Crippen LogP contribution in [-0.2, 0) is 0 Å². The van der Waals surface area contributed by atoms with Crippen LogP contribution in [0.3, 0.4) is 0 Å². The van der Waals surface area contributed by atoms with Crippen molar-refractivity contribution in [1.29, 1.82) is 0 Å². The van der Waals surface area contributed by atoms with E-state index in [0.29, 0.717) is 0 Å². The molecule has 1 fully saturated rings. The van der Waals surface area contributed by atoms with E-state index >= 15 is 0 Å². The van der Waals surface area contributed by atoms with Crippen molar-refractivity contribution < 1.29 is 5.11 Å². The standard InChI is InChI=1S/C8H17ClN2O/c1-2-11-4-3-10(5-6-12)7-8(11)9/h8,12H,2-7H2,1H3. The minimum atomic E-state index is 0.121. The zero-order valence-corrected chi connectivity index (χ0v) is 8.30. The molecular formula is C8H17ClN2O. The summed E-state index contributed by atoms with van der Waals surface area (Å²) in [7, 11) is 0. The molecule has 1 N–H and O–H groups in total. The maximum Gasteiger partial charge on any atom is 0.0979 e. The quantitative estimate of drug-likeness (QED) is 0.511. The molecule has 12 heavy (non-hydrogen) atoms. The van der Waals surface area contributed by atoms with Crippen LogP contribution in [0.15, 0.2) is 0 Å². The maximum absolute atomic E-state index is 8.73. The topological polar surface area (TPSA) is 26.7 Å². The molecule has 0 bridgehead atoms. The average Bonchev–Trinajstić information content (AvgIpc) is 2.05. The Hall–Kier alpha value is 0.170. The van der Waals surface area contributed by atoms with Gasteiger partial charge in [-0.1, -0.05) is 6.92 Å². The zero-order valence-electron chi connectivity index (χ0n) is 7.54. The van der Waals surface area contributed by atoms with Crippen molar-refractivity contribution in [2.75, 3.05) is 39.3 Å². The lowest BCUT2D eigenvalue weighted by molar-refractivity contribution is 0.100. The van der Waals surface area contributed by atoms with Crippen LogP contribution in [0.4, 0.5) is 0 Å². The van der Waals surface area contributed by atoms with Crippen molar-refractivity contribution in [1.82, 2.24) is 9.80 Å². The first kappa shape index (κ1) is 10.3. The fourth-order valence-electron chi connectivity index (χ4n) is 1.53. The van der Waals surface area contributed by atoms with Crippen molar-refractivity contribution in [3.8, 4) is 0 Å². The number of nitrogens with zero attached hydrogens (tertiary/aromatic N) is 2. The summed E-state index contributed by atoms with van der Waals surface area (Å²) in [5.74, 6) is 0. The van der Waals surface area contributed by atoms with Crippen molar-refractivity contribution in [2.45, 2.75) is 12.4 Å². The molecule has 1 atom stereocenters. The predicted octanol–water partition coefficient (Wildman–Crippen LogP) is 0.181. The Bertz CT molecular complexity index is 134. The van der Waals surface area contributed by atoms with Crippen LogP contribution >= 0.6 is 11.6 Å². The first-order valence-electron chi connectivity index (χ1n) is 4.49. The average molecular weight is 193 g/mol. The summed E-state index contributed by atoms with van der Waals surface area (Å²) in [6.07, 6.45) is 0. The van der Waals surface area contributed by atoms with Gasteiger partial charge in [0.05, 0.1) is 12.1 Å². The smallest absolute Gasteiger partial charge is 0.0979 e. The summed E-state index contributed by atoms with van der Waals surface area (Å²) < 4.78 is 0. The molecule has 0 saturated carbocycles. The van der Waals surface area contributed by atoms with E-state index in [1.165, 1.54) is 0 Å². The number of halogens is 1. The lowest BCUT2D eigenvalue weighted by Gasteiger charge is -2.37. The first-order chi connectivity index (χ1) is 5.77. The molecule has 0 radical (unpaired) electrons. The van der Waals surface area contributed by atoms with E-state index in [1.54, 1.807) is 0 Å². The summed E-state index contributed by atoms with van der Waals surface area (Å²) in [5.41, 5.74) is 0.121. The Labute approximate surface area is 78.9 Å². The Morgan fingerprint density at radius 3 is 2.75 bits per heavy atom. The largest absolute Gasteiger partial charge is 0.395 e. The molecule has 1 unspecified atom stereocenters. The number of hydrogen-bond acceptors (Lipinski definition) is 3. The number of piperazine rings is 1. The molecule has 0 aliphatic carbocycles. The van der Waals surface area contributed by atoms with Crippen molar-refractivity contribution in [2.24, 2.45) is 0 Å². The lowest BCUT2D eigenvalue weighted by atomic mass is 10.3. The molecule has 1 aliphatic heterocycles. The number of rotatable bonds is 3. The highest BCUT2D eigenvalue weighted by atomic mass is 35.5. The normalized spacial score (nSPS) is 27.8. The second-order valence-corrected chi connectivity index (χ2v) is 3.59. The summed E-state index contributed by atoms with van der Waals surface area (Å²) in [4.78, 5) is 4.44. The molecule has 3 nitrogen and oxygen atoms in total. The van der Waals surface area contributed by atoms with Gasteiger partial charge in [0.2, 0.25) is 0 Å². The Morgan fingerprint density at radius 2 is 2.25 bits per heavy atom. The highest BCUT2D eigenvalue weighted by molar-refractivity contribution is 6.20. The molecule has 0 amide bonds. The molecule has 0 aromatic rings. The van der Waals surface area contributed by atoms with Gasteiger partial charge < -0.3 is 5.11 Å². The van der Waals surface area contributed by atoms with Gasteiger partial charge in [-0.2, -0.15) is 0 Å². The fourth-order valence-corrected chi connectivity index (χ4v) is 1.96. The molecule has 1 saturated heterocycles. The predicted molar refractivity (Wildman–Crippen MR) is 50.4 cm³/mol. The van der Waals surface area contributed by atoms with E-state index in [-0.39, 0.29) is 12.1 Å². The number of aliphatic hydroxyl groups is 1. The van der Waals surface area contributed by atoms with Crippen LogP contribution in [0.5, 0.6) is 0 Å². The molecule has 72 valence electrons. The number of aliphatic hydroxyl groups excluding tert-OH is 1. The number of β-amino-alcohol motifs (C(OH)–C–C–N with tert-alkyl or cyclic N) is 1. The SMILES string of the molecule is CCN1CCN(CCO)CC1Cl. The van der Waals surface area contributed by atoms with Gasteiger partial charge in [0.1, 0.15) is 0 Å². The summed E-state index contributed by atoms with van der Waals surface area (Å²) in [6, 6.07) is 0. The summed E-state index contributed by atoms with van der Waals surface area (Å²) in [5, 5.41) is 8.73. The molecule has 1 rings (SSSR count). The summed E-state index contributed by atoms with van der Waals surface area (Å²) in [6.45, 7) is 7.03. The highest BCUT2D eigenvalue weighted by Gasteiger charge is 2.22. The van der Waals surface area contributed by atoms with E-state index in [9.17, 15) is 0 Å². The van der Waals surface area contributed by atoms with E-state index in [4.69, 9.17) is 16.7 Å². The first-order valence-corrected chi connectivity index (χ1v) is 4.93. The van der Waals surface area contributed by atoms with Crippen LogP contribution < -0.4 is 0 Å². The van der Waals surface area contributed by atoms with Crippen LogP contribution in [-0.4, -0.2) is 59.7 Å². The third-order valence-corrected chi connectivity index (χ3v) is 2.74. The van der Waals surface area contributed by atoms with E-state index in [2.05, 4.69) is 16.7 Å². The Morgan fingerprint density at radius 1 is 1.50 bits per heavy atom. The van der Waals surface area contributed by atoms with Gasteiger partial charge >= 0.3 is 0 Å². The van der Waals surface area contributed by atoms with Crippen LogP contribution in [0, 0.1) is 0 Å². The van der Waals surface area contributed by atoms with Gasteiger partial charge in [-0.15, -0.1) is 11.6 Å². The van der Waals surface area contributed by atoms with Gasteiger partial charge in [-0.25, -0.2) is 0 Å². The van der Waals surface area contributed by atoms with E-state index in [0.717, 1.165) is 32.7 Å². The van der Waals surface area contributed by atoms with Gasteiger partial charge in [0.25, 0.3) is 0 Å². The molecule has 0 aromatic carbocycles. The van der Waals surface area contributed by atoms with Gasteiger partial charge in [-0.3, -0.25) is 9.80 Å². The van der Waals surface area contributed by atoms with Crippen LogP contribution in [0.1, 0.15) is 6.92 Å². The van der Waals surface area contributed by atoms with Crippen molar-refractivity contribution in [3.63, 3.8) is 0 Å². The third-order valence-electron chi connectivity index (χ3n) is 2.33. The fraction of sp³-hybridized carbons (Fsp3) is 1.00. The molecule has 1 heterocycles. The monoisotopic (exact) mass is 192 g/mol. The molecule has 1 aliphatic rings. The Balaban J connectivity index is 2.30. The second kappa shape index (κ2) is 5.02. The van der Waals surface area contributed by atoms with Gasteiger partial charge in [-0.05, 0) is 6.54 Å². The highest BCUT2D eigenvalue weighted by Crippen LogP contribution is 2.11. The summed E-state index contributed by atoms with van der Waals surface area (Å²) >= 11 is 6.12. The second-order valence-electron chi connectivity index (χ2n) is 3.09. The Kier molecular flexibility index (Phi) is 4.29. The van der Waals surface area contributed by atoms with E-state index < -0.39 is 0 Å². The lowest BCUT2D eigenvalue weighted by Crippen LogP contribution is -2.51. The van der Waals surface area contributed by atoms with Gasteiger partial charge in [0, 0.05) is 26.2 Å². The minimum Gasteiger partial charge on any atom is -0.395 e. The molecule has 0 spiro atoms. The van der Waals surface area contributed by atoms with E-state index in [1.807, 2.05) is 0 Å². The van der Waals surface area contributed by atoms with Crippen LogP contribution in [0.2, 0.25) is 0 Å². The third kappa shape index (κ3) is 2.59. The molecule has 0 aromatic heterocycles. The zero-order chi connectivity index (χ0) is 8.97. The van der Waals surface area contributed by atoms with Gasteiger partial charge in [0.15, 0.2) is 0 Å². The molecular weight excluding hydrogens is 176 g/mol. The van der Waals surface area contributed by atoms with Crippen molar-refractivity contribution >= 4 is 11.6 Å². The van der Waals surface area contributed by atoms with Crippen molar-refractivity contribution in [3.05, 3.63) is 0 Å². The maximum atomic E-state index is 8.73. The molecule has 4 heteroatoms. The number of likely N-dealkylation sites (N-methyl/N-ethyl adjacent to an activating group) is 1. The number of alkyl halides is 1. The minimum absolute atomic E-state index is 0.121. The number of hydrogen-bond donors (Lipinski definition) is 1. The van der Waals surface area contributed by atoms with Crippen LogP contribution in [0.25, 0.3) is 0 Å².